The van der Waals surface area contributed by atoms with Crippen LogP contribution in [0.4, 0.5) is 11.4 Å². The maximum Gasteiger partial charge on any atom is 0.0784 e. The van der Waals surface area contributed by atoms with Crippen LogP contribution in [0.25, 0.3) is 0 Å². The molecule has 0 radical (unpaired) electrons. The van der Waals surface area contributed by atoms with Gasteiger partial charge in [0.05, 0.1) is 38.1 Å². The van der Waals surface area contributed by atoms with E-state index in [2.05, 4.69) is 55.4 Å². The minimum atomic E-state index is -0.435. The first-order valence-electron chi connectivity index (χ1n) is 8.21. The van der Waals surface area contributed by atoms with Gasteiger partial charge in [0.2, 0.25) is 0 Å². The maximum atomic E-state index is 9.93. The molecule has 23 heavy (non-hydrogen) atoms. The number of hydrogen-bond acceptors (Lipinski definition) is 3. The van der Waals surface area contributed by atoms with E-state index >= 15 is 0 Å². The average molecular weight is 329 g/mol. The summed E-state index contributed by atoms with van der Waals surface area (Å²) in [4.78, 5) is 6.46. The molecule has 1 aliphatic rings. The molecule has 1 atom stereocenters. The van der Waals surface area contributed by atoms with Gasteiger partial charge in [0.1, 0.15) is 0 Å². The first-order valence-corrected chi connectivity index (χ1v) is 9.03. The number of benzene rings is 2. The second-order valence-electron chi connectivity index (χ2n) is 6.44. The van der Waals surface area contributed by atoms with Gasteiger partial charge < -0.3 is 14.9 Å². The quantitative estimate of drug-likeness (QED) is 0.883. The summed E-state index contributed by atoms with van der Waals surface area (Å²) in [6.07, 6.45) is 0.704. The van der Waals surface area contributed by atoms with Crippen LogP contribution >= 0.6 is 11.8 Å². The van der Waals surface area contributed by atoms with Crippen LogP contribution in [0.2, 0.25) is 0 Å². The predicted octanol–water partition coefficient (Wildman–Crippen LogP) is 2.88. The molecule has 2 N–H and O–H groups in total. The second kappa shape index (κ2) is 6.95. The number of aliphatic hydroxyl groups is 1. The Morgan fingerprint density at radius 2 is 1.83 bits per heavy atom. The molecule has 0 fully saturated rings. The summed E-state index contributed by atoms with van der Waals surface area (Å²) >= 11 is 1.82. The fourth-order valence-electron chi connectivity index (χ4n) is 2.94. The smallest absolute Gasteiger partial charge is 0.0784 e. The molecule has 0 aliphatic carbocycles. The lowest BCUT2D eigenvalue weighted by Gasteiger charge is -2.33. The summed E-state index contributed by atoms with van der Waals surface area (Å²) in [6, 6.07) is 14.9. The van der Waals surface area contributed by atoms with E-state index in [1.807, 2.05) is 24.8 Å². The number of para-hydroxylation sites is 1. The molecular weight excluding hydrogens is 304 g/mol. The number of hydrogen-bond donors (Lipinski definition) is 2. The lowest BCUT2D eigenvalue weighted by atomic mass is 10.1. The zero-order valence-corrected chi connectivity index (χ0v) is 14.9. The lowest BCUT2D eigenvalue weighted by molar-refractivity contribution is -0.858. The minimum absolute atomic E-state index is 0.435. The SMILES string of the molecule is C[C@H](O)c1ccc2c(c1)N(CCC[NH+](C)C)c1ccccc1S2. The number of anilines is 2. The number of nitrogens with one attached hydrogen (secondary N) is 1. The van der Waals surface area contributed by atoms with Crippen molar-refractivity contribution >= 4 is 23.1 Å². The molecule has 0 saturated carbocycles. The largest absolute Gasteiger partial charge is 0.389 e. The Bertz CT molecular complexity index is 685. The van der Waals surface area contributed by atoms with Gasteiger partial charge in [0.15, 0.2) is 0 Å². The van der Waals surface area contributed by atoms with Crippen LogP contribution in [0.1, 0.15) is 25.0 Å². The van der Waals surface area contributed by atoms with E-state index in [0.717, 1.165) is 25.1 Å². The molecule has 0 bridgehead atoms. The van der Waals surface area contributed by atoms with E-state index in [4.69, 9.17) is 0 Å². The van der Waals surface area contributed by atoms with Crippen molar-refractivity contribution in [2.24, 2.45) is 0 Å². The lowest BCUT2D eigenvalue weighted by Crippen LogP contribution is -3.05. The summed E-state index contributed by atoms with van der Waals surface area (Å²) in [5.74, 6) is 0. The molecule has 4 heteroatoms. The molecule has 0 spiro atoms. The molecule has 0 unspecified atom stereocenters. The summed E-state index contributed by atoms with van der Waals surface area (Å²) in [7, 11) is 4.39. The molecule has 122 valence electrons. The van der Waals surface area contributed by atoms with Crippen LogP contribution in [0.3, 0.4) is 0 Å². The number of quaternary nitrogens is 1. The van der Waals surface area contributed by atoms with Crippen molar-refractivity contribution in [2.45, 2.75) is 29.2 Å². The first-order chi connectivity index (χ1) is 11.1. The highest BCUT2D eigenvalue weighted by molar-refractivity contribution is 7.99. The Balaban J connectivity index is 1.96. The van der Waals surface area contributed by atoms with Crippen molar-refractivity contribution in [1.82, 2.24) is 0 Å². The standard InChI is InChI=1S/C19H24N2OS/c1-14(22)15-9-10-19-17(13-15)21(12-6-11-20(2)3)16-7-4-5-8-18(16)23-19/h4-5,7-10,13-14,22H,6,11-12H2,1-3H3/p+1/t14-/m0/s1. The highest BCUT2D eigenvalue weighted by Crippen LogP contribution is 2.48. The normalized spacial score (nSPS) is 14.6. The highest BCUT2D eigenvalue weighted by Gasteiger charge is 2.23. The molecule has 2 aromatic carbocycles. The van der Waals surface area contributed by atoms with Crippen molar-refractivity contribution in [3.63, 3.8) is 0 Å². The topological polar surface area (TPSA) is 27.9 Å². The van der Waals surface area contributed by atoms with Crippen LogP contribution in [-0.2, 0) is 0 Å². The van der Waals surface area contributed by atoms with Gasteiger partial charge in [0.25, 0.3) is 0 Å². The summed E-state index contributed by atoms with van der Waals surface area (Å²) in [6.45, 7) is 3.97. The van der Waals surface area contributed by atoms with Crippen LogP contribution in [0.5, 0.6) is 0 Å². The van der Waals surface area contributed by atoms with Crippen LogP contribution < -0.4 is 9.80 Å². The molecule has 0 saturated heterocycles. The number of rotatable bonds is 5. The Labute approximate surface area is 142 Å². The molecule has 3 nitrogen and oxygen atoms in total. The highest BCUT2D eigenvalue weighted by atomic mass is 32.2. The number of fused-ring (bicyclic) bond motifs is 2. The van der Waals surface area contributed by atoms with Gasteiger partial charge in [-0.25, -0.2) is 0 Å². The fraction of sp³-hybridized carbons (Fsp3) is 0.368. The molecule has 2 aromatic rings. The van der Waals surface area contributed by atoms with Gasteiger partial charge in [-0.15, -0.1) is 0 Å². The molecule has 0 aromatic heterocycles. The fourth-order valence-corrected chi connectivity index (χ4v) is 4.01. The Kier molecular flexibility index (Phi) is 4.95. The third-order valence-corrected chi connectivity index (χ3v) is 5.32. The molecular formula is C19H25N2OS+. The number of nitrogens with zero attached hydrogens (tertiary/aromatic N) is 1. The van der Waals surface area contributed by atoms with E-state index in [-0.39, 0.29) is 0 Å². The summed E-state index contributed by atoms with van der Waals surface area (Å²) < 4.78 is 0. The van der Waals surface area contributed by atoms with E-state index in [9.17, 15) is 5.11 Å². The van der Waals surface area contributed by atoms with Gasteiger partial charge >= 0.3 is 0 Å². The first kappa shape index (κ1) is 16.4. The van der Waals surface area contributed by atoms with Gasteiger partial charge in [-0.05, 0) is 36.8 Å². The predicted molar refractivity (Wildman–Crippen MR) is 96.9 cm³/mol. The van der Waals surface area contributed by atoms with Gasteiger partial charge in [0, 0.05) is 22.8 Å². The van der Waals surface area contributed by atoms with Crippen molar-refractivity contribution in [2.75, 3.05) is 32.1 Å². The summed E-state index contributed by atoms with van der Waals surface area (Å²) in [5, 5.41) is 9.93. The van der Waals surface area contributed by atoms with Gasteiger partial charge in [-0.2, -0.15) is 0 Å². The third kappa shape index (κ3) is 3.55. The van der Waals surface area contributed by atoms with E-state index in [1.165, 1.54) is 26.1 Å². The second-order valence-corrected chi connectivity index (χ2v) is 7.52. The minimum Gasteiger partial charge on any atom is -0.389 e. The van der Waals surface area contributed by atoms with Crippen LogP contribution in [0, 0.1) is 0 Å². The Morgan fingerprint density at radius 1 is 1.09 bits per heavy atom. The summed E-state index contributed by atoms with van der Waals surface area (Å²) in [5.41, 5.74) is 3.48. The van der Waals surface area contributed by atoms with Gasteiger partial charge in [-0.1, -0.05) is 30.0 Å². The molecule has 0 amide bonds. The van der Waals surface area contributed by atoms with Crippen molar-refractivity contribution in [1.29, 1.82) is 0 Å². The molecule has 1 heterocycles. The molecule has 3 rings (SSSR count). The zero-order valence-electron chi connectivity index (χ0n) is 14.0. The van der Waals surface area contributed by atoms with Crippen LogP contribution in [0.15, 0.2) is 52.3 Å². The number of aliphatic hydroxyl groups excluding tert-OH is 1. The van der Waals surface area contributed by atoms with E-state index < -0.39 is 6.10 Å². The average Bonchev–Trinajstić information content (AvgIpc) is 2.53. The Hall–Kier alpha value is -1.49. The molecule has 1 aliphatic heterocycles. The van der Waals surface area contributed by atoms with E-state index in [0.29, 0.717) is 0 Å². The third-order valence-electron chi connectivity index (χ3n) is 4.19. The monoisotopic (exact) mass is 329 g/mol. The zero-order chi connectivity index (χ0) is 16.4. The van der Waals surface area contributed by atoms with Gasteiger partial charge in [-0.3, -0.25) is 0 Å². The van der Waals surface area contributed by atoms with E-state index in [1.54, 1.807) is 0 Å². The van der Waals surface area contributed by atoms with Crippen molar-refractivity contribution in [3.8, 4) is 0 Å². The van der Waals surface area contributed by atoms with Crippen molar-refractivity contribution in [3.05, 3.63) is 48.0 Å². The Morgan fingerprint density at radius 3 is 2.57 bits per heavy atom. The van der Waals surface area contributed by atoms with Crippen LogP contribution in [-0.4, -0.2) is 32.3 Å². The maximum absolute atomic E-state index is 9.93. The van der Waals surface area contributed by atoms with Crippen molar-refractivity contribution < 1.29 is 10.0 Å².